The minimum atomic E-state index is -0.208. The molecule has 4 aromatic rings. The Balaban J connectivity index is 1.23. The average Bonchev–Trinajstić information content (AvgIpc) is 3.54. The Kier molecular flexibility index (Phi) is 5.39. The maximum Gasteiger partial charge on any atom is 0.255 e. The molecule has 2 aromatic carbocycles. The first-order chi connectivity index (χ1) is 18.2. The molecule has 7 rings (SSSR count). The Morgan fingerprint density at radius 3 is 2.76 bits per heavy atom. The van der Waals surface area contributed by atoms with Gasteiger partial charge in [-0.1, -0.05) is 6.07 Å². The molecule has 1 aliphatic carbocycles. The summed E-state index contributed by atoms with van der Waals surface area (Å²) in [6.45, 7) is 4.09. The largest absolute Gasteiger partial charge is 0.489 e. The van der Waals surface area contributed by atoms with Gasteiger partial charge in [0, 0.05) is 30.8 Å². The number of ether oxygens (including phenoxy) is 2. The molecule has 0 radical (unpaired) electrons. The van der Waals surface area contributed by atoms with Crippen LogP contribution in [0.25, 0.3) is 17.1 Å². The van der Waals surface area contributed by atoms with Crippen molar-refractivity contribution in [2.75, 3.05) is 43.1 Å². The molecular weight excluding hydrogens is 470 g/mol. The Bertz CT molecular complexity index is 1470. The zero-order valence-electron chi connectivity index (χ0n) is 20.3. The van der Waals surface area contributed by atoms with Crippen LogP contribution in [0, 0.1) is 0 Å². The standard InChI is InChI=1S/C27H27N7O3/c35-27(30-21-3-1-2-20-25(21)37-13-10-33-17-29-31-26(20)33)19-6-7-23(32-8-11-36-12-9-32)24(14-19)34-15-22(28-16-34)18-4-5-18/h1-3,6-7,14-18H,4-5,8-13H2,(H,30,35). The van der Waals surface area contributed by atoms with Gasteiger partial charge in [0.05, 0.1) is 54.4 Å². The van der Waals surface area contributed by atoms with E-state index < -0.39 is 0 Å². The van der Waals surface area contributed by atoms with Gasteiger partial charge in [-0.25, -0.2) is 4.98 Å². The maximum absolute atomic E-state index is 13.5. The fourth-order valence-corrected chi connectivity index (χ4v) is 5.04. The Morgan fingerprint density at radius 1 is 1.00 bits per heavy atom. The third-order valence-corrected chi connectivity index (χ3v) is 7.16. The second kappa shape index (κ2) is 9.04. The van der Waals surface area contributed by atoms with E-state index in [0.717, 1.165) is 41.5 Å². The molecule has 1 saturated heterocycles. The highest BCUT2D eigenvalue weighted by Gasteiger charge is 2.27. The molecule has 1 saturated carbocycles. The number of carbonyl (C=O) groups is 1. The van der Waals surface area contributed by atoms with Crippen molar-refractivity contribution in [3.8, 4) is 22.8 Å². The molecule has 2 fully saturated rings. The number of morpholine rings is 1. The predicted molar refractivity (Wildman–Crippen MR) is 137 cm³/mol. The van der Waals surface area contributed by atoms with Gasteiger partial charge in [-0.15, -0.1) is 10.2 Å². The first kappa shape index (κ1) is 22.1. The normalized spacial score (nSPS) is 16.9. The topological polar surface area (TPSA) is 99.3 Å². The van der Waals surface area contributed by atoms with E-state index in [-0.39, 0.29) is 5.91 Å². The van der Waals surface area contributed by atoms with Crippen LogP contribution in [-0.2, 0) is 11.3 Å². The number of hydrogen-bond acceptors (Lipinski definition) is 7. The van der Waals surface area contributed by atoms with Crippen molar-refractivity contribution in [2.24, 2.45) is 0 Å². The number of benzene rings is 2. The SMILES string of the molecule is O=C(Nc1cccc2c1OCCn1cnnc1-2)c1ccc(N2CCOCC2)c(-n2cnc(C3CC3)c2)c1. The van der Waals surface area contributed by atoms with Crippen molar-refractivity contribution in [2.45, 2.75) is 25.3 Å². The van der Waals surface area contributed by atoms with Crippen molar-refractivity contribution in [3.05, 3.63) is 66.5 Å². The molecule has 0 atom stereocenters. The summed E-state index contributed by atoms with van der Waals surface area (Å²) in [5, 5.41) is 11.4. The summed E-state index contributed by atoms with van der Waals surface area (Å²) in [6, 6.07) is 11.5. The van der Waals surface area contributed by atoms with Crippen LogP contribution in [0.15, 0.2) is 55.2 Å². The highest BCUT2D eigenvalue weighted by molar-refractivity contribution is 6.06. The second-order valence-corrected chi connectivity index (χ2v) is 9.62. The van der Waals surface area contributed by atoms with Crippen molar-refractivity contribution in [1.29, 1.82) is 0 Å². The third kappa shape index (κ3) is 4.13. The maximum atomic E-state index is 13.5. The van der Waals surface area contributed by atoms with Crippen LogP contribution in [0.2, 0.25) is 0 Å². The van der Waals surface area contributed by atoms with Crippen molar-refractivity contribution in [3.63, 3.8) is 0 Å². The highest BCUT2D eigenvalue weighted by atomic mass is 16.5. The van der Waals surface area contributed by atoms with Gasteiger partial charge in [0.15, 0.2) is 11.6 Å². The van der Waals surface area contributed by atoms with E-state index in [0.29, 0.717) is 49.3 Å². The summed E-state index contributed by atoms with van der Waals surface area (Å²) in [4.78, 5) is 20.5. The molecule has 188 valence electrons. The molecule has 37 heavy (non-hydrogen) atoms. The van der Waals surface area contributed by atoms with Crippen LogP contribution in [0.4, 0.5) is 11.4 Å². The number of fused-ring (bicyclic) bond motifs is 3. The number of aromatic nitrogens is 5. The number of nitrogens with one attached hydrogen (secondary N) is 1. The number of nitrogens with zero attached hydrogens (tertiary/aromatic N) is 6. The van der Waals surface area contributed by atoms with Crippen LogP contribution in [-0.4, -0.2) is 63.1 Å². The van der Waals surface area contributed by atoms with Crippen molar-refractivity contribution in [1.82, 2.24) is 24.3 Å². The van der Waals surface area contributed by atoms with Crippen LogP contribution >= 0.6 is 0 Å². The quantitative estimate of drug-likeness (QED) is 0.451. The molecule has 10 heteroatoms. The molecule has 0 spiro atoms. The van der Waals surface area contributed by atoms with E-state index in [1.807, 2.05) is 51.9 Å². The molecule has 0 bridgehead atoms. The summed E-state index contributed by atoms with van der Waals surface area (Å²) in [7, 11) is 0. The monoisotopic (exact) mass is 497 g/mol. The zero-order chi connectivity index (χ0) is 24.8. The summed E-state index contributed by atoms with van der Waals surface area (Å²) in [5.41, 5.74) is 5.09. The van der Waals surface area contributed by atoms with E-state index >= 15 is 0 Å². The van der Waals surface area contributed by atoms with Gasteiger partial charge < -0.3 is 28.8 Å². The lowest BCUT2D eigenvalue weighted by Crippen LogP contribution is -2.36. The number of carbonyl (C=O) groups excluding carboxylic acids is 1. The molecule has 2 aliphatic heterocycles. The van der Waals surface area contributed by atoms with Crippen molar-refractivity contribution < 1.29 is 14.3 Å². The van der Waals surface area contributed by atoms with Crippen LogP contribution < -0.4 is 15.0 Å². The fraction of sp³-hybridized carbons (Fsp3) is 0.333. The third-order valence-electron chi connectivity index (χ3n) is 7.16. The van der Waals surface area contributed by atoms with Gasteiger partial charge in [0.25, 0.3) is 5.91 Å². The van der Waals surface area contributed by atoms with Crippen LogP contribution in [0.5, 0.6) is 5.75 Å². The number of hydrogen-bond donors (Lipinski definition) is 1. The lowest BCUT2D eigenvalue weighted by Gasteiger charge is -2.30. The molecule has 2 aromatic heterocycles. The van der Waals surface area contributed by atoms with Gasteiger partial charge >= 0.3 is 0 Å². The first-order valence-electron chi connectivity index (χ1n) is 12.7. The lowest BCUT2D eigenvalue weighted by molar-refractivity contribution is 0.102. The van der Waals surface area contributed by atoms with Gasteiger partial charge in [0.1, 0.15) is 12.9 Å². The fourth-order valence-electron chi connectivity index (χ4n) is 5.04. The van der Waals surface area contributed by atoms with Crippen molar-refractivity contribution >= 4 is 17.3 Å². The van der Waals surface area contributed by atoms with Crippen LogP contribution in [0.1, 0.15) is 34.8 Å². The molecular formula is C27H27N7O3. The molecule has 3 aliphatic rings. The van der Waals surface area contributed by atoms with Gasteiger partial charge in [0.2, 0.25) is 0 Å². The smallest absolute Gasteiger partial charge is 0.255 e. The minimum Gasteiger partial charge on any atom is -0.489 e. The number of amides is 1. The zero-order valence-corrected chi connectivity index (χ0v) is 20.3. The van der Waals surface area contributed by atoms with Gasteiger partial charge in [-0.3, -0.25) is 4.79 Å². The van der Waals surface area contributed by atoms with Gasteiger partial charge in [-0.05, 0) is 43.2 Å². The number of anilines is 2. The average molecular weight is 498 g/mol. The Labute approximate surface area is 213 Å². The molecule has 1 N–H and O–H groups in total. The second-order valence-electron chi connectivity index (χ2n) is 9.62. The highest BCUT2D eigenvalue weighted by Crippen LogP contribution is 2.40. The summed E-state index contributed by atoms with van der Waals surface area (Å²) < 4.78 is 15.6. The molecule has 10 nitrogen and oxygen atoms in total. The van der Waals surface area contributed by atoms with E-state index in [1.54, 1.807) is 6.33 Å². The predicted octanol–water partition coefficient (Wildman–Crippen LogP) is 3.49. The molecule has 1 amide bonds. The van der Waals surface area contributed by atoms with E-state index in [4.69, 9.17) is 9.47 Å². The Hall–Kier alpha value is -4.18. The summed E-state index contributed by atoms with van der Waals surface area (Å²) in [5.74, 6) is 1.68. The Morgan fingerprint density at radius 2 is 1.89 bits per heavy atom. The number of para-hydroxylation sites is 1. The number of rotatable bonds is 5. The minimum absolute atomic E-state index is 0.208. The molecule has 4 heterocycles. The summed E-state index contributed by atoms with van der Waals surface area (Å²) in [6.07, 6.45) is 8.03. The first-order valence-corrected chi connectivity index (χ1v) is 12.7. The lowest BCUT2D eigenvalue weighted by atomic mass is 10.1. The van der Waals surface area contributed by atoms with Crippen LogP contribution in [0.3, 0.4) is 0 Å². The molecule has 0 unspecified atom stereocenters. The summed E-state index contributed by atoms with van der Waals surface area (Å²) >= 11 is 0. The van der Waals surface area contributed by atoms with E-state index in [1.165, 1.54) is 12.8 Å². The van der Waals surface area contributed by atoms with E-state index in [2.05, 4.69) is 31.6 Å². The van der Waals surface area contributed by atoms with Gasteiger partial charge in [-0.2, -0.15) is 0 Å². The van der Waals surface area contributed by atoms with E-state index in [9.17, 15) is 4.79 Å². The number of imidazole rings is 1.